The second kappa shape index (κ2) is 5.77. The highest BCUT2D eigenvalue weighted by Gasteiger charge is 2.16. The lowest BCUT2D eigenvalue weighted by molar-refractivity contribution is 0.0944. The Bertz CT molecular complexity index is 841. The first-order valence-electron chi connectivity index (χ1n) is 6.96. The van der Waals surface area contributed by atoms with Gasteiger partial charge in [0, 0.05) is 17.8 Å². The van der Waals surface area contributed by atoms with E-state index in [0.717, 1.165) is 5.56 Å². The number of halogens is 1. The third kappa shape index (κ3) is 2.67. The Morgan fingerprint density at radius 1 is 1.32 bits per heavy atom. The Labute approximate surface area is 132 Å². The van der Waals surface area contributed by atoms with Crippen LogP contribution in [0.3, 0.4) is 0 Å². The van der Waals surface area contributed by atoms with E-state index >= 15 is 0 Å². The van der Waals surface area contributed by atoms with Crippen molar-refractivity contribution < 1.29 is 4.79 Å². The molecule has 112 valence electrons. The van der Waals surface area contributed by atoms with E-state index < -0.39 is 0 Å². The van der Waals surface area contributed by atoms with Crippen molar-refractivity contribution >= 4 is 28.7 Å². The van der Waals surface area contributed by atoms with Gasteiger partial charge >= 0.3 is 0 Å². The average molecular weight is 315 g/mol. The van der Waals surface area contributed by atoms with Gasteiger partial charge in [0.2, 0.25) is 0 Å². The number of aromatic amines is 1. The zero-order valence-corrected chi connectivity index (χ0v) is 13.0. The lowest BCUT2D eigenvalue weighted by Gasteiger charge is -2.07. The van der Waals surface area contributed by atoms with E-state index in [2.05, 4.69) is 20.3 Å². The molecular formula is C16H15ClN4O. The molecule has 0 aliphatic heterocycles. The number of H-pyrrole nitrogens is 1. The first-order chi connectivity index (χ1) is 10.6. The van der Waals surface area contributed by atoms with Crippen LogP contribution in [0.2, 0.25) is 5.02 Å². The van der Waals surface area contributed by atoms with Gasteiger partial charge in [0.15, 0.2) is 5.65 Å². The van der Waals surface area contributed by atoms with Gasteiger partial charge in [-0.1, -0.05) is 29.8 Å². The van der Waals surface area contributed by atoms with E-state index in [0.29, 0.717) is 27.4 Å². The molecule has 0 aliphatic carbocycles. The highest BCUT2D eigenvalue weighted by molar-refractivity contribution is 6.33. The average Bonchev–Trinajstić information content (AvgIpc) is 2.90. The number of hydrogen-bond donors (Lipinski definition) is 2. The largest absolute Gasteiger partial charge is 0.350 e. The minimum absolute atomic E-state index is 0.0529. The Hall–Kier alpha value is -2.40. The number of carbonyl (C=O) groups is 1. The van der Waals surface area contributed by atoms with Gasteiger partial charge in [-0.05, 0) is 19.9 Å². The van der Waals surface area contributed by atoms with Crippen molar-refractivity contribution in [3.63, 3.8) is 0 Å². The molecule has 0 fully saturated rings. The molecule has 0 spiro atoms. The summed E-state index contributed by atoms with van der Waals surface area (Å²) in [6, 6.07) is 7.47. The van der Waals surface area contributed by atoms with E-state index in [-0.39, 0.29) is 11.9 Å². The number of hydrogen-bond acceptors (Lipinski definition) is 3. The van der Waals surface area contributed by atoms with Crippen LogP contribution in [0.1, 0.15) is 24.2 Å². The summed E-state index contributed by atoms with van der Waals surface area (Å²) in [6.45, 7) is 3.82. The lowest BCUT2D eigenvalue weighted by Crippen LogP contribution is -2.29. The van der Waals surface area contributed by atoms with Gasteiger partial charge in [-0.25, -0.2) is 9.97 Å². The summed E-state index contributed by atoms with van der Waals surface area (Å²) < 4.78 is 0. The molecule has 3 aromatic rings. The van der Waals surface area contributed by atoms with Crippen LogP contribution in [0, 0.1) is 0 Å². The fourth-order valence-corrected chi connectivity index (χ4v) is 2.44. The quantitative estimate of drug-likeness (QED) is 0.778. The highest BCUT2D eigenvalue weighted by atomic mass is 35.5. The van der Waals surface area contributed by atoms with Gasteiger partial charge < -0.3 is 10.3 Å². The number of rotatable bonds is 3. The molecule has 0 bridgehead atoms. The molecule has 2 heterocycles. The number of nitrogens with zero attached hydrogens (tertiary/aromatic N) is 2. The summed E-state index contributed by atoms with van der Waals surface area (Å²) in [4.78, 5) is 24.1. The number of fused-ring (bicyclic) bond motifs is 1. The molecule has 22 heavy (non-hydrogen) atoms. The summed E-state index contributed by atoms with van der Waals surface area (Å²) in [7, 11) is 0. The van der Waals surface area contributed by atoms with Crippen molar-refractivity contribution in [2.75, 3.05) is 0 Å². The number of benzene rings is 1. The van der Waals surface area contributed by atoms with Gasteiger partial charge in [-0.3, -0.25) is 4.79 Å². The van der Waals surface area contributed by atoms with E-state index in [9.17, 15) is 4.79 Å². The molecule has 2 aromatic heterocycles. The van der Waals surface area contributed by atoms with Crippen molar-refractivity contribution in [1.29, 1.82) is 0 Å². The Kier molecular flexibility index (Phi) is 3.81. The second-order valence-corrected chi connectivity index (χ2v) is 5.67. The normalized spacial score (nSPS) is 11.1. The SMILES string of the molecule is CC(C)NC(=O)c1c[nH]c2ncc(-c3ccccc3Cl)nc12. The zero-order chi connectivity index (χ0) is 15.7. The molecule has 6 heteroatoms. The van der Waals surface area contributed by atoms with Crippen LogP contribution in [0.5, 0.6) is 0 Å². The molecule has 1 aromatic carbocycles. The van der Waals surface area contributed by atoms with Crippen molar-refractivity contribution in [3.05, 3.63) is 47.2 Å². The number of carbonyl (C=O) groups excluding carboxylic acids is 1. The maximum Gasteiger partial charge on any atom is 0.255 e. The summed E-state index contributed by atoms with van der Waals surface area (Å²) in [5, 5.41) is 3.45. The zero-order valence-electron chi connectivity index (χ0n) is 12.2. The third-order valence-corrected chi connectivity index (χ3v) is 3.52. The van der Waals surface area contributed by atoms with Crippen LogP contribution in [-0.2, 0) is 0 Å². The molecule has 0 atom stereocenters. The third-order valence-electron chi connectivity index (χ3n) is 3.20. The van der Waals surface area contributed by atoms with Gasteiger partial charge in [0.05, 0.1) is 22.5 Å². The van der Waals surface area contributed by atoms with Crippen LogP contribution in [0.4, 0.5) is 0 Å². The van der Waals surface area contributed by atoms with Crippen molar-refractivity contribution in [2.45, 2.75) is 19.9 Å². The van der Waals surface area contributed by atoms with E-state index in [1.165, 1.54) is 0 Å². The molecule has 0 radical (unpaired) electrons. The monoisotopic (exact) mass is 314 g/mol. The first-order valence-corrected chi connectivity index (χ1v) is 7.34. The molecule has 0 saturated carbocycles. The predicted octanol–water partition coefficient (Wildman–Crippen LogP) is 3.42. The predicted molar refractivity (Wildman–Crippen MR) is 86.9 cm³/mol. The van der Waals surface area contributed by atoms with Crippen LogP contribution < -0.4 is 5.32 Å². The number of amides is 1. The smallest absolute Gasteiger partial charge is 0.255 e. The Morgan fingerprint density at radius 2 is 2.09 bits per heavy atom. The van der Waals surface area contributed by atoms with Crippen LogP contribution in [0.25, 0.3) is 22.4 Å². The maximum atomic E-state index is 12.2. The fourth-order valence-electron chi connectivity index (χ4n) is 2.20. The van der Waals surface area contributed by atoms with Gasteiger partial charge in [-0.15, -0.1) is 0 Å². The summed E-state index contributed by atoms with van der Waals surface area (Å²) in [5.41, 5.74) is 3.01. The van der Waals surface area contributed by atoms with E-state index in [4.69, 9.17) is 11.6 Å². The van der Waals surface area contributed by atoms with Gasteiger partial charge in [0.1, 0.15) is 5.52 Å². The minimum Gasteiger partial charge on any atom is -0.350 e. The van der Waals surface area contributed by atoms with E-state index in [1.807, 2.05) is 32.0 Å². The molecule has 3 rings (SSSR count). The number of nitrogens with one attached hydrogen (secondary N) is 2. The number of aromatic nitrogens is 3. The van der Waals surface area contributed by atoms with Crippen LogP contribution >= 0.6 is 11.6 Å². The molecule has 0 aliphatic rings. The van der Waals surface area contributed by atoms with Crippen molar-refractivity contribution in [2.24, 2.45) is 0 Å². The molecular weight excluding hydrogens is 300 g/mol. The van der Waals surface area contributed by atoms with Crippen molar-refractivity contribution in [1.82, 2.24) is 20.3 Å². The Morgan fingerprint density at radius 3 is 2.82 bits per heavy atom. The van der Waals surface area contributed by atoms with Gasteiger partial charge in [0.25, 0.3) is 5.91 Å². The van der Waals surface area contributed by atoms with Crippen LogP contribution in [-0.4, -0.2) is 26.9 Å². The molecule has 1 amide bonds. The van der Waals surface area contributed by atoms with Crippen molar-refractivity contribution in [3.8, 4) is 11.3 Å². The summed E-state index contributed by atoms with van der Waals surface area (Å²) in [5.74, 6) is -0.174. The first kappa shape index (κ1) is 14.5. The maximum absolute atomic E-state index is 12.2. The van der Waals surface area contributed by atoms with E-state index in [1.54, 1.807) is 18.5 Å². The second-order valence-electron chi connectivity index (χ2n) is 5.26. The minimum atomic E-state index is -0.174. The molecule has 2 N–H and O–H groups in total. The van der Waals surface area contributed by atoms with Gasteiger partial charge in [-0.2, -0.15) is 0 Å². The molecule has 0 saturated heterocycles. The standard InChI is InChI=1S/C16H15ClN4O/c1-9(2)20-16(22)11-7-18-15-14(11)21-13(8-19-15)10-5-3-4-6-12(10)17/h3-9H,1-2H3,(H,18,19)(H,20,22). The topological polar surface area (TPSA) is 70.7 Å². The summed E-state index contributed by atoms with van der Waals surface area (Å²) >= 11 is 6.20. The lowest BCUT2D eigenvalue weighted by atomic mass is 10.1. The highest BCUT2D eigenvalue weighted by Crippen LogP contribution is 2.27. The fraction of sp³-hybridized carbons (Fsp3) is 0.188. The van der Waals surface area contributed by atoms with Crippen LogP contribution in [0.15, 0.2) is 36.7 Å². The molecule has 5 nitrogen and oxygen atoms in total. The Balaban J connectivity index is 2.09. The molecule has 0 unspecified atom stereocenters. The summed E-state index contributed by atoms with van der Waals surface area (Å²) in [6.07, 6.45) is 3.27.